The maximum atomic E-state index is 11.5. The Bertz CT molecular complexity index is 571. The number of para-hydroxylation sites is 1. The van der Waals surface area contributed by atoms with Crippen LogP contribution >= 0.6 is 30.3 Å². The van der Waals surface area contributed by atoms with Crippen molar-refractivity contribution >= 4 is 47.2 Å². The van der Waals surface area contributed by atoms with Crippen LogP contribution in [-0.4, -0.2) is 17.1 Å². The largest absolute Gasteiger partial charge is 0.465 e. The van der Waals surface area contributed by atoms with Gasteiger partial charge in [-0.15, -0.1) is 0 Å². The molecule has 1 fully saturated rings. The van der Waals surface area contributed by atoms with E-state index in [1.54, 1.807) is 6.07 Å². The van der Waals surface area contributed by atoms with Crippen LogP contribution in [0.15, 0.2) is 30.5 Å². The molecular formula is C15H18INO2S. The smallest absolute Gasteiger partial charge is 0.340 e. The van der Waals surface area contributed by atoms with Gasteiger partial charge >= 0.3 is 5.97 Å². The van der Waals surface area contributed by atoms with Gasteiger partial charge in [-0.05, 0) is 12.1 Å². The van der Waals surface area contributed by atoms with E-state index in [-0.39, 0.29) is 5.97 Å². The van der Waals surface area contributed by atoms with Crippen molar-refractivity contribution in [2.45, 2.75) is 32.1 Å². The van der Waals surface area contributed by atoms with Crippen molar-refractivity contribution in [1.82, 2.24) is 3.97 Å². The number of rotatable bonds is 2. The number of nitrogens with zero attached hydrogens (tertiary/aromatic N) is 1. The van der Waals surface area contributed by atoms with Crippen molar-refractivity contribution in [2.75, 3.05) is 7.11 Å². The van der Waals surface area contributed by atoms with Crippen LogP contribution in [0.2, 0.25) is 0 Å². The number of hydrogen-bond acceptors (Lipinski definition) is 3. The molecule has 0 spiro atoms. The molecule has 20 heavy (non-hydrogen) atoms. The Labute approximate surface area is 135 Å². The van der Waals surface area contributed by atoms with Crippen molar-refractivity contribution in [3.8, 4) is 0 Å². The molecule has 1 aromatic carbocycles. The predicted molar refractivity (Wildman–Crippen MR) is 93.4 cm³/mol. The first-order valence-electron chi connectivity index (χ1n) is 6.75. The van der Waals surface area contributed by atoms with E-state index in [0.717, 1.165) is 10.9 Å². The molecule has 2 aromatic rings. The number of carbonyl (C=O) groups excluding carboxylic acids is 1. The summed E-state index contributed by atoms with van der Waals surface area (Å²) < 4.78 is 6.70. The summed E-state index contributed by atoms with van der Waals surface area (Å²) in [5.41, 5.74) is 1.51. The zero-order valence-corrected chi connectivity index (χ0v) is 14.4. The second kappa shape index (κ2) is 7.93. The fourth-order valence-electron chi connectivity index (χ4n) is 2.38. The Morgan fingerprint density at radius 2 is 1.85 bits per heavy atom. The SMILES string of the molecule is C1CCCC1.COC(=O)c1cccc2ccn(SI)c12. The molecule has 0 bridgehead atoms. The summed E-state index contributed by atoms with van der Waals surface area (Å²) in [5.74, 6) is -0.300. The summed E-state index contributed by atoms with van der Waals surface area (Å²) >= 11 is 2.18. The molecule has 3 rings (SSSR count). The van der Waals surface area contributed by atoms with Gasteiger partial charge in [-0.2, -0.15) is 0 Å². The molecule has 0 saturated heterocycles. The van der Waals surface area contributed by atoms with E-state index < -0.39 is 0 Å². The number of benzene rings is 1. The lowest BCUT2D eigenvalue weighted by Gasteiger charge is -2.04. The molecule has 0 aliphatic heterocycles. The molecule has 1 heterocycles. The van der Waals surface area contributed by atoms with Crippen LogP contribution in [0.3, 0.4) is 0 Å². The van der Waals surface area contributed by atoms with Crippen LogP contribution < -0.4 is 0 Å². The lowest BCUT2D eigenvalue weighted by molar-refractivity contribution is 0.0602. The Morgan fingerprint density at radius 1 is 1.20 bits per heavy atom. The van der Waals surface area contributed by atoms with Gasteiger partial charge in [0.15, 0.2) is 0 Å². The summed E-state index contributed by atoms with van der Waals surface area (Å²) in [6.45, 7) is 0. The number of ether oxygens (including phenoxy) is 1. The zero-order valence-electron chi connectivity index (χ0n) is 11.5. The quantitative estimate of drug-likeness (QED) is 0.509. The van der Waals surface area contributed by atoms with Crippen LogP contribution in [0.25, 0.3) is 10.9 Å². The second-order valence-electron chi connectivity index (χ2n) is 4.71. The summed E-state index contributed by atoms with van der Waals surface area (Å²) in [4.78, 5) is 11.5. The maximum absolute atomic E-state index is 11.5. The van der Waals surface area contributed by atoms with E-state index in [0.29, 0.717) is 5.56 Å². The molecule has 1 aliphatic carbocycles. The van der Waals surface area contributed by atoms with Crippen molar-refractivity contribution in [1.29, 1.82) is 0 Å². The maximum Gasteiger partial charge on any atom is 0.340 e. The fourth-order valence-corrected chi connectivity index (χ4v) is 3.74. The highest BCUT2D eigenvalue weighted by atomic mass is 127. The topological polar surface area (TPSA) is 31.2 Å². The van der Waals surface area contributed by atoms with E-state index in [2.05, 4.69) is 21.2 Å². The highest BCUT2D eigenvalue weighted by Crippen LogP contribution is 2.27. The molecule has 1 aliphatic rings. The van der Waals surface area contributed by atoms with E-state index in [4.69, 9.17) is 4.74 Å². The van der Waals surface area contributed by atoms with Gasteiger partial charge in [0.2, 0.25) is 0 Å². The monoisotopic (exact) mass is 403 g/mol. The molecule has 1 saturated carbocycles. The molecule has 108 valence electrons. The third-order valence-corrected chi connectivity index (χ3v) is 5.13. The summed E-state index contributed by atoms with van der Waals surface area (Å²) in [6, 6.07) is 7.59. The van der Waals surface area contributed by atoms with Crippen molar-refractivity contribution < 1.29 is 9.53 Å². The minimum absolute atomic E-state index is 0.300. The van der Waals surface area contributed by atoms with Crippen molar-refractivity contribution in [3.63, 3.8) is 0 Å². The molecule has 0 radical (unpaired) electrons. The molecule has 0 amide bonds. The number of aromatic nitrogens is 1. The molecule has 5 heteroatoms. The van der Waals surface area contributed by atoms with Crippen molar-refractivity contribution in [3.05, 3.63) is 36.0 Å². The first-order valence-corrected chi connectivity index (χ1v) is 10.1. The second-order valence-corrected chi connectivity index (χ2v) is 6.43. The Morgan fingerprint density at radius 3 is 2.40 bits per heavy atom. The normalized spacial score (nSPS) is 13.9. The average Bonchev–Trinajstić information content (AvgIpc) is 3.18. The number of methoxy groups -OCH3 is 1. The third kappa shape index (κ3) is 3.69. The third-order valence-electron chi connectivity index (χ3n) is 3.41. The van der Waals surface area contributed by atoms with E-state index in [1.165, 1.54) is 48.3 Å². The standard InChI is InChI=1S/C10H8INO2S.C5H10/c1-14-10(13)8-4-2-3-7-5-6-12(15-11)9(7)8;1-2-4-5-3-1/h2-6H,1H3;1-5H2. The van der Waals surface area contributed by atoms with Gasteiger partial charge in [-0.3, -0.25) is 3.97 Å². The molecule has 3 nitrogen and oxygen atoms in total. The summed E-state index contributed by atoms with van der Waals surface area (Å²) in [7, 11) is 2.92. The van der Waals surface area contributed by atoms with E-state index in [9.17, 15) is 4.79 Å². The first kappa shape index (κ1) is 15.7. The highest BCUT2D eigenvalue weighted by molar-refractivity contribution is 14.2. The Kier molecular flexibility index (Phi) is 6.22. The van der Waals surface area contributed by atoms with Gasteiger partial charge in [-0.25, -0.2) is 4.79 Å². The molecule has 0 N–H and O–H groups in total. The molecule has 0 unspecified atom stereocenters. The first-order chi connectivity index (χ1) is 9.77. The summed E-state index contributed by atoms with van der Waals surface area (Å²) in [5, 5.41) is 1.04. The van der Waals surface area contributed by atoms with Gasteiger partial charge in [0.25, 0.3) is 0 Å². The molecule has 1 aromatic heterocycles. The van der Waals surface area contributed by atoms with Crippen LogP contribution in [-0.2, 0) is 4.74 Å². The minimum Gasteiger partial charge on any atom is -0.465 e. The fraction of sp³-hybridized carbons (Fsp3) is 0.400. The highest BCUT2D eigenvalue weighted by Gasteiger charge is 2.13. The predicted octanol–water partition coefficient (Wildman–Crippen LogP) is 5.22. The van der Waals surface area contributed by atoms with E-state index in [1.807, 2.05) is 28.4 Å². The number of carbonyl (C=O) groups is 1. The van der Waals surface area contributed by atoms with Crippen LogP contribution in [0.1, 0.15) is 42.5 Å². The van der Waals surface area contributed by atoms with Gasteiger partial charge in [0.05, 0.1) is 18.2 Å². The van der Waals surface area contributed by atoms with Crippen LogP contribution in [0.5, 0.6) is 0 Å². The van der Waals surface area contributed by atoms with Gasteiger partial charge in [0, 0.05) is 41.9 Å². The Balaban J connectivity index is 0.000000247. The van der Waals surface area contributed by atoms with Crippen LogP contribution in [0.4, 0.5) is 0 Å². The van der Waals surface area contributed by atoms with Gasteiger partial charge < -0.3 is 4.74 Å². The summed E-state index contributed by atoms with van der Waals surface area (Å²) in [6.07, 6.45) is 9.44. The van der Waals surface area contributed by atoms with Crippen molar-refractivity contribution in [2.24, 2.45) is 0 Å². The molecular weight excluding hydrogens is 385 g/mol. The van der Waals surface area contributed by atoms with Gasteiger partial charge in [0.1, 0.15) is 0 Å². The Hall–Kier alpha value is -0.690. The number of hydrogen-bond donors (Lipinski definition) is 0. The van der Waals surface area contributed by atoms with E-state index >= 15 is 0 Å². The minimum atomic E-state index is -0.300. The zero-order chi connectivity index (χ0) is 14.4. The number of esters is 1. The lowest BCUT2D eigenvalue weighted by atomic mass is 10.1. The number of fused-ring (bicyclic) bond motifs is 1. The average molecular weight is 403 g/mol. The van der Waals surface area contributed by atoms with Crippen LogP contribution in [0, 0.1) is 0 Å². The number of halogens is 1. The molecule has 0 atom stereocenters. The lowest BCUT2D eigenvalue weighted by Crippen LogP contribution is -2.02. The van der Waals surface area contributed by atoms with Gasteiger partial charge in [-0.1, -0.05) is 44.2 Å².